The molecule has 118 heavy (non-hydrogen) atoms. The molecule has 6 heterocycles. The van der Waals surface area contributed by atoms with E-state index in [0.29, 0.717) is 72.3 Å². The van der Waals surface area contributed by atoms with Crippen LogP contribution in [0.1, 0.15) is 129 Å². The molecule has 2 aliphatic rings. The number of aliphatic hydroxyl groups excluding tert-OH is 3. The number of nitrogens with zero attached hydrogens (tertiary/aromatic N) is 1. The maximum absolute atomic E-state index is 15.5. The number of carboxylic acid groups (broad SMARTS) is 1. The van der Waals surface area contributed by atoms with E-state index < -0.39 is 186 Å². The molecule has 16 atom stereocenters. The molecule has 10 rings (SSSR count). The molecule has 0 spiro atoms. The van der Waals surface area contributed by atoms with Crippen molar-refractivity contribution in [2.24, 2.45) is 17.6 Å². The number of H-pyrrole nitrogens is 4. The van der Waals surface area contributed by atoms with E-state index in [0.717, 1.165) is 6.92 Å². The molecule has 0 radical (unpaired) electrons. The fourth-order valence-corrected chi connectivity index (χ4v) is 15.2. The molecule has 21 N–H and O–H groups in total. The Balaban J connectivity index is 1.05. The third kappa shape index (κ3) is 22.4. The molecule has 2 saturated heterocycles. The third-order valence-electron chi connectivity index (χ3n) is 21.9. The first-order chi connectivity index (χ1) is 56.4. The lowest BCUT2D eigenvalue weighted by molar-refractivity contribution is -0.143. The van der Waals surface area contributed by atoms with Gasteiger partial charge in [-0.25, -0.2) is 0 Å². The second-order valence-corrected chi connectivity index (χ2v) is 31.3. The number of carbonyl (C=O) groups excluding carboxylic acids is 12. The first-order valence-corrected chi connectivity index (χ1v) is 40.2. The van der Waals surface area contributed by atoms with Crippen LogP contribution in [0.25, 0.3) is 43.6 Å². The molecule has 632 valence electrons. The number of hydrogen-bond acceptors (Lipinski definition) is 17. The van der Waals surface area contributed by atoms with Crippen LogP contribution in [0.4, 0.5) is 0 Å². The lowest BCUT2D eigenvalue weighted by Gasteiger charge is -2.33. The van der Waals surface area contributed by atoms with Gasteiger partial charge in [-0.15, -0.1) is 0 Å². The van der Waals surface area contributed by atoms with Crippen molar-refractivity contribution in [2.45, 2.75) is 223 Å². The predicted molar refractivity (Wildman–Crippen MR) is 438 cm³/mol. The number of carboxylic acids is 1. The Morgan fingerprint density at radius 1 is 0.407 bits per heavy atom. The molecule has 0 unspecified atom stereocenters. The topological polar surface area (TPSA) is 528 Å². The molecule has 12 amide bonds. The van der Waals surface area contributed by atoms with Crippen LogP contribution < -0.4 is 64.2 Å². The molecule has 4 aromatic heterocycles. The van der Waals surface area contributed by atoms with Crippen LogP contribution in [0, 0.1) is 11.8 Å². The van der Waals surface area contributed by atoms with Crippen LogP contribution in [-0.2, 0) is 88.0 Å². The second-order valence-electron chi connectivity index (χ2n) is 31.3. The largest absolute Gasteiger partial charge is 0.481 e. The number of rotatable bonds is 22. The quantitative estimate of drug-likeness (QED) is 0.0427. The van der Waals surface area contributed by atoms with Crippen molar-refractivity contribution < 1.29 is 82.8 Å². The molecule has 8 aromatic rings. The number of unbranched alkanes of at least 4 members (excludes halogenated alkanes) is 1. The highest BCUT2D eigenvalue weighted by Gasteiger charge is 2.44. The van der Waals surface area contributed by atoms with E-state index in [1.165, 1.54) is 18.7 Å². The van der Waals surface area contributed by atoms with E-state index in [1.54, 1.807) is 150 Å². The van der Waals surface area contributed by atoms with Gasteiger partial charge >= 0.3 is 5.97 Å². The maximum Gasteiger partial charge on any atom is 0.303 e. The van der Waals surface area contributed by atoms with Crippen molar-refractivity contribution in [1.29, 1.82) is 0 Å². The fraction of sp³-hybridized carbons (Fsp3) is 0.464. The summed E-state index contributed by atoms with van der Waals surface area (Å²) in [5.74, 6) is -14.4. The van der Waals surface area contributed by atoms with Crippen LogP contribution >= 0.6 is 0 Å². The van der Waals surface area contributed by atoms with Crippen molar-refractivity contribution in [3.05, 3.63) is 144 Å². The van der Waals surface area contributed by atoms with Gasteiger partial charge in [0, 0.05) is 107 Å². The molecule has 2 aliphatic heterocycles. The van der Waals surface area contributed by atoms with Gasteiger partial charge < -0.3 is 109 Å². The Kier molecular flexibility index (Phi) is 30.5. The molecular weight excluding hydrogens is 1520 g/mol. The smallest absolute Gasteiger partial charge is 0.303 e. The number of nitrogens with two attached hydrogens (primary N) is 1. The molecular formula is C84H109N17O17. The average Bonchev–Trinajstić information content (AvgIpc) is 1.54. The monoisotopic (exact) mass is 1630 g/mol. The summed E-state index contributed by atoms with van der Waals surface area (Å²) in [7, 11) is 0. The first-order valence-electron chi connectivity index (χ1n) is 40.2. The Bertz CT molecular complexity index is 4930. The Hall–Kier alpha value is -12.0. The zero-order valence-electron chi connectivity index (χ0n) is 67.1. The summed E-state index contributed by atoms with van der Waals surface area (Å²) < 4.78 is 0. The third-order valence-corrected chi connectivity index (χ3v) is 21.9. The second kappa shape index (κ2) is 40.7. The van der Waals surface area contributed by atoms with Crippen LogP contribution in [0.3, 0.4) is 0 Å². The van der Waals surface area contributed by atoms with Crippen molar-refractivity contribution >= 4 is 120 Å². The molecule has 0 bridgehead atoms. The fourth-order valence-electron chi connectivity index (χ4n) is 15.2. The highest BCUT2D eigenvalue weighted by molar-refractivity contribution is 6.02. The summed E-state index contributed by atoms with van der Waals surface area (Å²) >= 11 is 0. The summed E-state index contributed by atoms with van der Waals surface area (Å²) in [5, 5.41) is 76.5. The number of carbonyl (C=O) groups is 13. The van der Waals surface area contributed by atoms with Gasteiger partial charge in [-0.05, 0) is 131 Å². The van der Waals surface area contributed by atoms with E-state index in [1.807, 2.05) is 0 Å². The van der Waals surface area contributed by atoms with Gasteiger partial charge in [0.05, 0.1) is 18.3 Å². The maximum atomic E-state index is 15.5. The minimum absolute atomic E-state index is 0.0134. The lowest BCUT2D eigenvalue weighted by atomic mass is 9.96. The SMILES string of the molecule is CC[C@H](C)[C@@H]1NC(=O)[C@H](Cc2c[nH]c3ccccc23)NC(=O)[C@@H](CCC(=O)O)NC(=O)[C@@H]([C@@H](C)O)NC(=O)[C@H](CC(C)C)NC(=O)[C@@H](Cc2c[nH]c3ccccc23)NC(=O)[C@@H](CCCCN)NC(=O)[C@H]([C@@H](C)O)NC(=O)[C@H](Cc2c[nH]c3ccccc23)NC(=O)[C@@H]([C@@H](C)O)NC(=O)[C@@H](Cc2c[nH]c3ccccc23)NC(=O)[C@@H]2CCCN2C1=O. The molecule has 34 heteroatoms. The number of nitrogens with one attached hydrogen (secondary N) is 15. The van der Waals surface area contributed by atoms with Crippen LogP contribution in [0.15, 0.2) is 122 Å². The van der Waals surface area contributed by atoms with Crippen molar-refractivity contribution in [2.75, 3.05) is 13.1 Å². The summed E-state index contributed by atoms with van der Waals surface area (Å²) in [6, 6.07) is 8.59. The number of aliphatic hydroxyl groups is 3. The van der Waals surface area contributed by atoms with Crippen LogP contribution in [-0.4, -0.2) is 226 Å². The summed E-state index contributed by atoms with van der Waals surface area (Å²) in [6.07, 6.45) is -0.285. The van der Waals surface area contributed by atoms with Gasteiger partial charge in [0.2, 0.25) is 70.9 Å². The highest BCUT2D eigenvalue weighted by atomic mass is 16.4. The molecule has 34 nitrogen and oxygen atoms in total. The van der Waals surface area contributed by atoms with Gasteiger partial charge in [-0.1, -0.05) is 107 Å². The number of aromatic nitrogens is 4. The minimum Gasteiger partial charge on any atom is -0.481 e. The van der Waals surface area contributed by atoms with Crippen molar-refractivity contribution in [1.82, 2.24) is 83.3 Å². The molecule has 2 fully saturated rings. The van der Waals surface area contributed by atoms with Gasteiger partial charge in [0.15, 0.2) is 0 Å². The van der Waals surface area contributed by atoms with E-state index >= 15 is 43.2 Å². The number of fused-ring (bicyclic) bond motifs is 5. The van der Waals surface area contributed by atoms with E-state index in [-0.39, 0.29) is 83.2 Å². The number of para-hydroxylation sites is 4. The Morgan fingerprint density at radius 2 is 0.720 bits per heavy atom. The lowest BCUT2D eigenvalue weighted by Crippen LogP contribution is -2.64. The number of hydrogen-bond donors (Lipinski definition) is 20. The van der Waals surface area contributed by atoms with E-state index in [4.69, 9.17) is 5.73 Å². The Morgan fingerprint density at radius 3 is 1.08 bits per heavy atom. The van der Waals surface area contributed by atoms with Crippen molar-refractivity contribution in [3.8, 4) is 0 Å². The van der Waals surface area contributed by atoms with Gasteiger partial charge in [0.1, 0.15) is 72.5 Å². The zero-order chi connectivity index (χ0) is 85.2. The summed E-state index contributed by atoms with van der Waals surface area (Å²) in [5.41, 5.74) is 10.6. The number of aromatic amines is 4. The first kappa shape index (κ1) is 88.4. The Labute approximate surface area is 681 Å². The van der Waals surface area contributed by atoms with Crippen LogP contribution in [0.5, 0.6) is 0 Å². The van der Waals surface area contributed by atoms with Crippen LogP contribution in [0.2, 0.25) is 0 Å². The summed E-state index contributed by atoms with van der Waals surface area (Å²) in [4.78, 5) is 208. The van der Waals surface area contributed by atoms with E-state index in [9.17, 15) is 39.6 Å². The van der Waals surface area contributed by atoms with Gasteiger partial charge in [-0.3, -0.25) is 62.3 Å². The van der Waals surface area contributed by atoms with E-state index in [2.05, 4.69) is 78.4 Å². The molecule has 0 saturated carbocycles. The van der Waals surface area contributed by atoms with Gasteiger partial charge in [-0.2, -0.15) is 0 Å². The minimum atomic E-state index is -1.93. The standard InChI is InChI=1S/C84H109N17O17/c1-8-44(4)69-84(118)101-33-19-29-67(101)80(114)95-65(37-50-41-88-58-26-15-11-22-54(50)58)78(112)100-72(47(7)104)83(117)96-66(38-51-42-89-59-27-16-12-23-55(51)59)79(113)99-70(45(5)102)81(115)90-60(28-17-18-32-85)73(107)93-63(35-48-39-86-56-24-13-9-20-52(48)56)75(109)92-62(34-43(2)3)76(110)98-71(46(6)103)82(116)91-61(30-31-68(105)106)74(108)94-64(77(111)97-69)36-49-40-87-57-25-14-10-21-53(49)57/h9-16,20-27,39-47,60-67,69-72,86-89,102-104H,8,17-19,28-38,85H2,1-7H3,(H,90,115)(H,91,116)(H,92,109)(H,93,107)(H,94,108)(H,95,114)(H,96,117)(H,97,111)(H,98,110)(H,99,113)(H,100,112)(H,105,106)/t44-,45+,46+,47+,60+,61+,62-,63+,64-,65+,66-,67-,69-,70-,71+,72+/m0/s1. The number of aliphatic carboxylic acids is 1. The normalized spacial score (nSPS) is 24.5. The summed E-state index contributed by atoms with van der Waals surface area (Å²) in [6.45, 7) is 10.6. The predicted octanol–water partition coefficient (Wildman–Crippen LogP) is 1.45. The zero-order valence-corrected chi connectivity index (χ0v) is 67.1. The molecule has 4 aromatic carbocycles. The number of benzene rings is 4. The van der Waals surface area contributed by atoms with Gasteiger partial charge in [0.25, 0.3) is 0 Å². The van der Waals surface area contributed by atoms with Crippen molar-refractivity contribution in [3.63, 3.8) is 0 Å². The average molecular weight is 1630 g/mol. The molecule has 0 aliphatic carbocycles. The highest BCUT2D eigenvalue weighted by Crippen LogP contribution is 2.27. The number of amides is 12.